The van der Waals surface area contributed by atoms with Crippen molar-refractivity contribution in [2.75, 3.05) is 0 Å². The highest BCUT2D eigenvalue weighted by Gasteiger charge is 2.33. The smallest absolute Gasteiger partial charge is 0.407 e. The maximum absolute atomic E-state index is 12.1. The van der Waals surface area contributed by atoms with Crippen molar-refractivity contribution in [2.45, 2.75) is 95.7 Å². The molecule has 1 aliphatic rings. The molecule has 0 bridgehead atoms. The van der Waals surface area contributed by atoms with Gasteiger partial charge in [-0.25, -0.2) is 17.9 Å². The summed E-state index contributed by atoms with van der Waals surface area (Å²) < 4.78 is 27.0. The Hall–Kier alpha value is -2.38. The zero-order valence-corrected chi connectivity index (χ0v) is 21.9. The van der Waals surface area contributed by atoms with E-state index in [9.17, 15) is 18.3 Å². The molecule has 0 unspecified atom stereocenters. The summed E-state index contributed by atoms with van der Waals surface area (Å²) in [6, 6.07) is 17.1. The molecule has 1 amide bonds. The molecule has 2 N–H and O–H groups in total. The quantitative estimate of drug-likeness (QED) is 0.500. The van der Waals surface area contributed by atoms with E-state index in [0.29, 0.717) is 4.90 Å². The number of aryl methyl sites for hydroxylation is 1. The van der Waals surface area contributed by atoms with Crippen LogP contribution in [0.15, 0.2) is 59.5 Å². The zero-order valence-electron chi connectivity index (χ0n) is 21.1. The molecule has 1 fully saturated rings. The third kappa shape index (κ3) is 8.44. The Morgan fingerprint density at radius 1 is 1.03 bits per heavy atom. The zero-order chi connectivity index (χ0) is 25.4. The van der Waals surface area contributed by atoms with Crippen molar-refractivity contribution in [3.05, 3.63) is 65.7 Å². The van der Waals surface area contributed by atoms with E-state index in [0.717, 1.165) is 43.2 Å². The minimum atomic E-state index is -3.33. The molecule has 3 rings (SSSR count). The molecule has 7 heteroatoms. The third-order valence-electron chi connectivity index (χ3n) is 6.11. The summed E-state index contributed by atoms with van der Waals surface area (Å²) >= 11 is 0. The van der Waals surface area contributed by atoms with Gasteiger partial charge >= 0.3 is 6.09 Å². The summed E-state index contributed by atoms with van der Waals surface area (Å²) in [7, 11) is -3.33. The van der Waals surface area contributed by atoms with Gasteiger partial charge in [-0.2, -0.15) is 0 Å². The lowest BCUT2D eigenvalue weighted by atomic mass is 9.92. The van der Waals surface area contributed by atoms with Crippen molar-refractivity contribution in [1.82, 2.24) is 9.62 Å². The highest BCUT2D eigenvalue weighted by Crippen LogP contribution is 2.23. The van der Waals surface area contributed by atoms with Crippen LogP contribution in [0.2, 0.25) is 0 Å². The Kier molecular flexibility index (Phi) is 10.1. The molecule has 2 aromatic carbocycles. The molecule has 0 heterocycles. The van der Waals surface area contributed by atoms with Gasteiger partial charge < -0.3 is 10.0 Å². The van der Waals surface area contributed by atoms with Gasteiger partial charge in [0.15, 0.2) is 0 Å². The summed E-state index contributed by atoms with van der Waals surface area (Å²) in [5.74, 6) is 0. The van der Waals surface area contributed by atoms with E-state index in [2.05, 4.69) is 4.72 Å². The molecule has 0 aromatic heterocycles. The number of carbonyl (C=O) groups is 1. The SMILES string of the molecule is CC(C)N(C(=O)O)C(C)(C)Cc1ccccc1.Cc1ccc(S(=O)(=O)NC2CCCCC2)cc1. The number of carboxylic acid groups (broad SMARTS) is 1. The first kappa shape index (κ1) is 27.9. The first-order chi connectivity index (χ1) is 15.9. The molecule has 0 radical (unpaired) electrons. The number of hydrogen-bond donors (Lipinski definition) is 2. The fourth-order valence-electron chi connectivity index (χ4n) is 4.58. The van der Waals surface area contributed by atoms with Crippen molar-refractivity contribution in [1.29, 1.82) is 0 Å². The number of rotatable bonds is 7. The number of nitrogens with one attached hydrogen (secondary N) is 1. The molecule has 0 saturated heterocycles. The molecule has 188 valence electrons. The Morgan fingerprint density at radius 2 is 1.59 bits per heavy atom. The van der Waals surface area contributed by atoms with E-state index in [-0.39, 0.29) is 12.1 Å². The summed E-state index contributed by atoms with van der Waals surface area (Å²) in [5, 5.41) is 9.28. The molecule has 0 spiro atoms. The second-order valence-electron chi connectivity index (χ2n) is 9.99. The van der Waals surface area contributed by atoms with Crippen LogP contribution in [0.3, 0.4) is 0 Å². The lowest BCUT2D eigenvalue weighted by Crippen LogP contribution is -2.52. The molecule has 0 aliphatic heterocycles. The average Bonchev–Trinajstić information content (AvgIpc) is 2.74. The maximum atomic E-state index is 12.1. The van der Waals surface area contributed by atoms with Gasteiger partial charge in [-0.1, -0.05) is 67.3 Å². The van der Waals surface area contributed by atoms with Crippen LogP contribution in [0.4, 0.5) is 4.79 Å². The van der Waals surface area contributed by atoms with Crippen molar-refractivity contribution < 1.29 is 18.3 Å². The summed E-state index contributed by atoms with van der Waals surface area (Å²) in [5.41, 5.74) is 1.83. The molecular formula is C27H40N2O4S. The Labute approximate surface area is 205 Å². The van der Waals surface area contributed by atoms with Gasteiger partial charge in [0, 0.05) is 17.6 Å². The van der Waals surface area contributed by atoms with Crippen LogP contribution in [0, 0.1) is 6.92 Å². The fourth-order valence-corrected chi connectivity index (χ4v) is 5.89. The minimum Gasteiger partial charge on any atom is -0.465 e. The summed E-state index contributed by atoms with van der Waals surface area (Å²) in [4.78, 5) is 13.2. The Bertz CT molecular complexity index is 997. The van der Waals surface area contributed by atoms with Crippen LogP contribution in [-0.4, -0.2) is 42.1 Å². The van der Waals surface area contributed by atoms with Crippen molar-refractivity contribution >= 4 is 16.1 Å². The van der Waals surface area contributed by atoms with Gasteiger partial charge in [-0.3, -0.25) is 0 Å². The monoisotopic (exact) mass is 488 g/mol. The summed E-state index contributed by atoms with van der Waals surface area (Å²) in [6.07, 6.45) is 5.26. The van der Waals surface area contributed by atoms with Crippen molar-refractivity contribution in [3.63, 3.8) is 0 Å². The van der Waals surface area contributed by atoms with Crippen LogP contribution in [-0.2, 0) is 16.4 Å². The number of amides is 1. The van der Waals surface area contributed by atoms with Gasteiger partial charge in [-0.05, 0) is 71.6 Å². The summed E-state index contributed by atoms with van der Waals surface area (Å²) in [6.45, 7) is 9.69. The normalized spacial score (nSPS) is 14.9. The highest BCUT2D eigenvalue weighted by atomic mass is 32.2. The number of hydrogen-bond acceptors (Lipinski definition) is 3. The van der Waals surface area contributed by atoms with E-state index >= 15 is 0 Å². The molecular weight excluding hydrogens is 448 g/mol. The molecule has 34 heavy (non-hydrogen) atoms. The highest BCUT2D eigenvalue weighted by molar-refractivity contribution is 7.89. The van der Waals surface area contributed by atoms with Crippen LogP contribution >= 0.6 is 0 Å². The number of benzene rings is 2. The lowest BCUT2D eigenvalue weighted by Gasteiger charge is -2.39. The standard InChI is InChI=1S/C14H21NO2.C13H19NO2S/c1-11(2)15(13(16)17)14(3,4)10-12-8-6-5-7-9-12;1-11-7-9-13(10-8-11)17(15,16)14-12-5-3-2-4-6-12/h5-9,11H,10H2,1-4H3,(H,16,17);7-10,12,14H,2-6H2,1H3. The van der Waals surface area contributed by atoms with E-state index < -0.39 is 21.7 Å². The van der Waals surface area contributed by atoms with Gasteiger partial charge in [0.05, 0.1) is 4.90 Å². The molecule has 6 nitrogen and oxygen atoms in total. The van der Waals surface area contributed by atoms with Gasteiger partial charge in [0.2, 0.25) is 10.0 Å². The van der Waals surface area contributed by atoms with Crippen LogP contribution in [0.25, 0.3) is 0 Å². The van der Waals surface area contributed by atoms with Crippen LogP contribution < -0.4 is 4.72 Å². The maximum Gasteiger partial charge on any atom is 0.407 e. The number of sulfonamides is 1. The largest absolute Gasteiger partial charge is 0.465 e. The van der Waals surface area contributed by atoms with Crippen LogP contribution in [0.5, 0.6) is 0 Å². The predicted octanol–water partition coefficient (Wildman–Crippen LogP) is 6.00. The second-order valence-corrected chi connectivity index (χ2v) is 11.7. The molecule has 1 aliphatic carbocycles. The van der Waals surface area contributed by atoms with Crippen molar-refractivity contribution in [3.8, 4) is 0 Å². The Morgan fingerprint density at radius 3 is 2.09 bits per heavy atom. The topological polar surface area (TPSA) is 86.7 Å². The van der Waals surface area contributed by atoms with E-state index in [4.69, 9.17) is 0 Å². The minimum absolute atomic E-state index is 0.0220. The number of nitrogens with zero attached hydrogens (tertiary/aromatic N) is 1. The lowest BCUT2D eigenvalue weighted by molar-refractivity contribution is 0.0721. The third-order valence-corrected chi connectivity index (χ3v) is 7.65. The predicted molar refractivity (Wildman–Crippen MR) is 138 cm³/mol. The Balaban J connectivity index is 0.000000240. The average molecular weight is 489 g/mol. The fraction of sp³-hybridized carbons (Fsp3) is 0.519. The molecule has 1 saturated carbocycles. The van der Waals surface area contributed by atoms with E-state index in [1.165, 1.54) is 11.3 Å². The van der Waals surface area contributed by atoms with E-state index in [1.54, 1.807) is 12.1 Å². The first-order valence-electron chi connectivity index (χ1n) is 12.1. The molecule has 0 atom stereocenters. The van der Waals surface area contributed by atoms with Gasteiger partial charge in [0.1, 0.15) is 0 Å². The molecule has 2 aromatic rings. The van der Waals surface area contributed by atoms with Gasteiger partial charge in [0.25, 0.3) is 0 Å². The van der Waals surface area contributed by atoms with Crippen LogP contribution in [0.1, 0.15) is 70.9 Å². The van der Waals surface area contributed by atoms with E-state index in [1.807, 2.05) is 77.1 Å². The second kappa shape index (κ2) is 12.4. The van der Waals surface area contributed by atoms with Gasteiger partial charge in [-0.15, -0.1) is 0 Å². The van der Waals surface area contributed by atoms with Crippen molar-refractivity contribution in [2.24, 2.45) is 0 Å². The first-order valence-corrected chi connectivity index (χ1v) is 13.6.